The highest BCUT2D eigenvalue weighted by Gasteiger charge is 2.36. The van der Waals surface area contributed by atoms with Gasteiger partial charge in [-0.2, -0.15) is 0 Å². The molecule has 0 heterocycles. The molecule has 2 atom stereocenters. The lowest BCUT2D eigenvalue weighted by Gasteiger charge is -2.18. The van der Waals surface area contributed by atoms with E-state index in [1.54, 1.807) is 0 Å². The van der Waals surface area contributed by atoms with Crippen LogP contribution >= 0.6 is 0 Å². The van der Waals surface area contributed by atoms with E-state index in [0.717, 1.165) is 19.3 Å². The molecule has 0 radical (unpaired) electrons. The topological polar surface area (TPSA) is 63.3 Å². The molecule has 0 bridgehead atoms. The van der Waals surface area contributed by atoms with Crippen molar-refractivity contribution in [2.75, 3.05) is 0 Å². The maximum Gasteiger partial charge on any atom is 0.320 e. The first-order valence-corrected chi connectivity index (χ1v) is 4.41. The van der Waals surface area contributed by atoms with Crippen molar-refractivity contribution in [3.63, 3.8) is 0 Å². The van der Waals surface area contributed by atoms with Gasteiger partial charge in [-0.3, -0.25) is 4.79 Å². The first-order chi connectivity index (χ1) is 5.42. The van der Waals surface area contributed by atoms with Gasteiger partial charge in [0.1, 0.15) is 6.04 Å². The van der Waals surface area contributed by atoms with E-state index in [9.17, 15) is 4.79 Å². The summed E-state index contributed by atoms with van der Waals surface area (Å²) in [5.74, 6) is -0.685. The van der Waals surface area contributed by atoms with Crippen molar-refractivity contribution >= 4 is 5.97 Å². The van der Waals surface area contributed by atoms with E-state index in [-0.39, 0.29) is 11.3 Å². The van der Waals surface area contributed by atoms with Crippen molar-refractivity contribution in [1.82, 2.24) is 0 Å². The average Bonchev–Trinajstić information content (AvgIpc) is 2.28. The number of rotatable bonds is 2. The molecule has 0 saturated heterocycles. The monoisotopic (exact) mass is 171 g/mol. The van der Waals surface area contributed by atoms with E-state index in [1.807, 2.05) is 0 Å². The molecular formula is C9H17NO2. The Morgan fingerprint density at radius 2 is 2.25 bits per heavy atom. The van der Waals surface area contributed by atoms with Gasteiger partial charge in [-0.05, 0) is 30.6 Å². The summed E-state index contributed by atoms with van der Waals surface area (Å²) in [6.45, 7) is 4.34. The molecule has 0 spiro atoms. The Labute approximate surface area is 72.9 Å². The van der Waals surface area contributed by atoms with Gasteiger partial charge in [-0.25, -0.2) is 0 Å². The predicted octanol–water partition coefficient (Wildman–Crippen LogP) is 1.22. The molecule has 3 nitrogen and oxygen atoms in total. The zero-order chi connectivity index (χ0) is 9.35. The van der Waals surface area contributed by atoms with Gasteiger partial charge in [0.05, 0.1) is 0 Å². The van der Waals surface area contributed by atoms with E-state index in [4.69, 9.17) is 10.8 Å². The van der Waals surface area contributed by atoms with Crippen LogP contribution in [-0.4, -0.2) is 17.1 Å². The summed E-state index contributed by atoms with van der Waals surface area (Å²) in [4.78, 5) is 10.6. The zero-order valence-electron chi connectivity index (χ0n) is 7.71. The lowest BCUT2D eigenvalue weighted by atomic mass is 9.89. The van der Waals surface area contributed by atoms with Crippen molar-refractivity contribution < 1.29 is 9.90 Å². The second-order valence-electron chi connectivity index (χ2n) is 4.53. The lowest BCUT2D eigenvalue weighted by molar-refractivity contribution is -0.139. The molecule has 1 fully saturated rings. The Bertz CT molecular complexity index is 189. The molecule has 0 aromatic heterocycles. The number of hydrogen-bond acceptors (Lipinski definition) is 2. The minimum Gasteiger partial charge on any atom is -0.480 e. The average molecular weight is 171 g/mol. The van der Waals surface area contributed by atoms with Crippen LogP contribution in [0.3, 0.4) is 0 Å². The summed E-state index contributed by atoms with van der Waals surface area (Å²) in [7, 11) is 0. The largest absolute Gasteiger partial charge is 0.480 e. The summed E-state index contributed by atoms with van der Waals surface area (Å²) in [5.41, 5.74) is 5.83. The fraction of sp³-hybridized carbons (Fsp3) is 0.889. The second-order valence-corrected chi connectivity index (χ2v) is 4.53. The van der Waals surface area contributed by atoms with Crippen molar-refractivity contribution in [2.24, 2.45) is 17.1 Å². The van der Waals surface area contributed by atoms with E-state index >= 15 is 0 Å². The molecule has 0 aliphatic heterocycles. The summed E-state index contributed by atoms with van der Waals surface area (Å²) in [5, 5.41) is 8.69. The van der Waals surface area contributed by atoms with Gasteiger partial charge in [0.25, 0.3) is 0 Å². The first kappa shape index (κ1) is 9.52. The molecule has 0 aromatic carbocycles. The second kappa shape index (κ2) is 3.05. The molecule has 2 unspecified atom stereocenters. The molecular weight excluding hydrogens is 154 g/mol. The number of nitrogens with two attached hydrogens (primary N) is 1. The summed E-state index contributed by atoms with van der Waals surface area (Å²) >= 11 is 0. The number of carbonyl (C=O) groups is 1. The van der Waals surface area contributed by atoms with Gasteiger partial charge < -0.3 is 10.8 Å². The van der Waals surface area contributed by atoms with E-state index in [2.05, 4.69) is 13.8 Å². The van der Waals surface area contributed by atoms with Crippen LogP contribution in [0.25, 0.3) is 0 Å². The molecule has 1 saturated carbocycles. The highest BCUT2D eigenvalue weighted by atomic mass is 16.4. The van der Waals surface area contributed by atoms with Crippen molar-refractivity contribution in [2.45, 2.75) is 39.2 Å². The van der Waals surface area contributed by atoms with Crippen molar-refractivity contribution in [3.8, 4) is 0 Å². The standard InChI is InChI=1S/C9H17NO2/c1-9(2)4-3-6(5-9)7(10)8(11)12/h6-7H,3-5,10H2,1-2H3,(H,11,12). The molecule has 0 amide bonds. The third-order valence-corrected chi connectivity index (χ3v) is 2.80. The fourth-order valence-corrected chi connectivity index (χ4v) is 2.00. The van der Waals surface area contributed by atoms with Crippen LogP contribution in [0.4, 0.5) is 0 Å². The smallest absolute Gasteiger partial charge is 0.320 e. The van der Waals surface area contributed by atoms with Gasteiger partial charge in [-0.15, -0.1) is 0 Å². The zero-order valence-corrected chi connectivity index (χ0v) is 7.71. The van der Waals surface area contributed by atoms with Crippen LogP contribution in [0.2, 0.25) is 0 Å². The van der Waals surface area contributed by atoms with Crippen LogP contribution in [0.15, 0.2) is 0 Å². The maximum atomic E-state index is 10.6. The summed E-state index contributed by atoms with van der Waals surface area (Å²) < 4.78 is 0. The van der Waals surface area contributed by atoms with Gasteiger partial charge in [-0.1, -0.05) is 13.8 Å². The van der Waals surface area contributed by atoms with Crippen LogP contribution in [0.5, 0.6) is 0 Å². The summed E-state index contributed by atoms with van der Waals surface area (Å²) in [6.07, 6.45) is 3.00. The van der Waals surface area contributed by atoms with Gasteiger partial charge >= 0.3 is 5.97 Å². The Kier molecular flexibility index (Phi) is 2.42. The van der Waals surface area contributed by atoms with Crippen molar-refractivity contribution in [3.05, 3.63) is 0 Å². The number of hydrogen-bond donors (Lipinski definition) is 2. The van der Waals surface area contributed by atoms with Gasteiger partial charge in [0.2, 0.25) is 0 Å². The highest BCUT2D eigenvalue weighted by Crippen LogP contribution is 2.41. The maximum absolute atomic E-state index is 10.6. The predicted molar refractivity (Wildman–Crippen MR) is 46.7 cm³/mol. The molecule has 3 N–H and O–H groups in total. The normalized spacial score (nSPS) is 30.1. The first-order valence-electron chi connectivity index (χ1n) is 4.41. The fourth-order valence-electron chi connectivity index (χ4n) is 2.00. The van der Waals surface area contributed by atoms with E-state index in [0.29, 0.717) is 0 Å². The number of carboxylic acids is 1. The highest BCUT2D eigenvalue weighted by molar-refractivity contribution is 5.73. The Balaban J connectivity index is 2.52. The molecule has 1 aliphatic rings. The number of carboxylic acid groups (broad SMARTS) is 1. The molecule has 1 aliphatic carbocycles. The molecule has 70 valence electrons. The SMILES string of the molecule is CC1(C)CCC(C(N)C(=O)O)C1. The van der Waals surface area contributed by atoms with E-state index < -0.39 is 12.0 Å². The minimum absolute atomic E-state index is 0.178. The minimum atomic E-state index is -0.863. The Morgan fingerprint density at radius 3 is 2.58 bits per heavy atom. The molecule has 0 aromatic rings. The third-order valence-electron chi connectivity index (χ3n) is 2.80. The molecule has 1 rings (SSSR count). The summed E-state index contributed by atoms with van der Waals surface area (Å²) in [6, 6.07) is -0.660. The van der Waals surface area contributed by atoms with Gasteiger partial charge in [0, 0.05) is 0 Å². The lowest BCUT2D eigenvalue weighted by Crippen LogP contribution is -2.37. The molecule has 12 heavy (non-hydrogen) atoms. The van der Waals surface area contributed by atoms with Crippen LogP contribution < -0.4 is 5.73 Å². The van der Waals surface area contributed by atoms with Gasteiger partial charge in [0.15, 0.2) is 0 Å². The Morgan fingerprint density at radius 1 is 1.67 bits per heavy atom. The van der Waals surface area contributed by atoms with Crippen LogP contribution in [0, 0.1) is 11.3 Å². The third kappa shape index (κ3) is 1.97. The number of aliphatic carboxylic acids is 1. The van der Waals surface area contributed by atoms with Crippen molar-refractivity contribution in [1.29, 1.82) is 0 Å². The van der Waals surface area contributed by atoms with E-state index in [1.165, 1.54) is 0 Å². The van der Waals surface area contributed by atoms with Crippen LogP contribution in [0.1, 0.15) is 33.1 Å². The Hall–Kier alpha value is -0.570. The van der Waals surface area contributed by atoms with Crippen LogP contribution in [-0.2, 0) is 4.79 Å². The quantitative estimate of drug-likeness (QED) is 0.656. The molecule has 3 heteroatoms.